The Bertz CT molecular complexity index is 766. The highest BCUT2D eigenvalue weighted by Gasteiger charge is 2.32. The van der Waals surface area contributed by atoms with Gasteiger partial charge in [0.05, 0.1) is 23.8 Å². The number of carbonyl (C=O) groups excluding carboxylic acids is 2. The van der Waals surface area contributed by atoms with Crippen LogP contribution in [-0.2, 0) is 9.59 Å². The fourth-order valence-corrected chi connectivity index (χ4v) is 3.30. The number of benzene rings is 1. The van der Waals surface area contributed by atoms with E-state index in [1.165, 1.54) is 37.1 Å². The monoisotopic (exact) mass is 394 g/mol. The van der Waals surface area contributed by atoms with Crippen LogP contribution in [0.3, 0.4) is 0 Å². The highest BCUT2D eigenvalue weighted by Crippen LogP contribution is 2.30. The average Bonchev–Trinajstić information content (AvgIpc) is 2.94. The van der Waals surface area contributed by atoms with Crippen LogP contribution in [0, 0.1) is 16.0 Å². The van der Waals surface area contributed by atoms with Crippen molar-refractivity contribution in [2.75, 3.05) is 19.0 Å². The minimum Gasteiger partial charge on any atom is -0.494 e. The molecule has 0 spiro atoms. The van der Waals surface area contributed by atoms with Gasteiger partial charge in [-0.2, -0.15) is 0 Å². The number of nitro groups is 1. The van der Waals surface area contributed by atoms with Crippen LogP contribution in [0.5, 0.6) is 5.75 Å². The first-order chi connectivity index (χ1) is 12.8. The summed E-state index contributed by atoms with van der Waals surface area (Å²) in [6.45, 7) is 4.82. The number of rotatable bonds is 8. The van der Waals surface area contributed by atoms with Crippen molar-refractivity contribution in [2.24, 2.45) is 10.9 Å². The van der Waals surface area contributed by atoms with Crippen LogP contribution in [-0.4, -0.2) is 40.8 Å². The van der Waals surface area contributed by atoms with Crippen LogP contribution < -0.4 is 15.4 Å². The van der Waals surface area contributed by atoms with E-state index in [2.05, 4.69) is 29.5 Å². The van der Waals surface area contributed by atoms with E-state index in [1.54, 1.807) is 0 Å². The molecule has 1 heterocycles. The Morgan fingerprint density at radius 2 is 2.22 bits per heavy atom. The third-order valence-corrected chi connectivity index (χ3v) is 4.90. The predicted molar refractivity (Wildman–Crippen MR) is 104 cm³/mol. The van der Waals surface area contributed by atoms with Crippen LogP contribution in [0.25, 0.3) is 0 Å². The molecule has 0 radical (unpaired) electrons. The normalized spacial score (nSPS) is 17.9. The number of nitro benzene ring substituents is 1. The van der Waals surface area contributed by atoms with Crippen LogP contribution >= 0.6 is 11.8 Å². The lowest BCUT2D eigenvalue weighted by molar-refractivity contribution is -0.384. The molecule has 27 heavy (non-hydrogen) atoms. The Kier molecular flexibility index (Phi) is 7.17. The number of amidine groups is 1. The first kappa shape index (κ1) is 20.7. The largest absolute Gasteiger partial charge is 0.494 e. The molecule has 0 aromatic heterocycles. The zero-order valence-corrected chi connectivity index (χ0v) is 16.2. The van der Waals surface area contributed by atoms with Gasteiger partial charge in [0.1, 0.15) is 11.0 Å². The maximum Gasteiger partial charge on any atom is 0.273 e. The van der Waals surface area contributed by atoms with Crippen molar-refractivity contribution in [3.8, 4) is 5.75 Å². The van der Waals surface area contributed by atoms with Gasteiger partial charge in [-0.25, -0.2) is 0 Å². The number of non-ortho nitro benzene ring substituents is 1. The van der Waals surface area contributed by atoms with E-state index >= 15 is 0 Å². The van der Waals surface area contributed by atoms with Crippen molar-refractivity contribution in [3.05, 3.63) is 28.3 Å². The Morgan fingerprint density at radius 3 is 2.85 bits per heavy atom. The Balaban J connectivity index is 1.96. The number of nitrogens with zero attached hydrogens (tertiary/aromatic N) is 2. The molecule has 1 aliphatic heterocycles. The van der Waals surface area contributed by atoms with Crippen molar-refractivity contribution < 1.29 is 19.2 Å². The minimum atomic E-state index is -0.563. The summed E-state index contributed by atoms with van der Waals surface area (Å²) in [6, 6.07) is 3.90. The minimum absolute atomic E-state index is 0.0418. The number of aliphatic imine (C=N–C) groups is 1. The molecule has 1 fully saturated rings. The zero-order valence-electron chi connectivity index (χ0n) is 15.4. The van der Waals surface area contributed by atoms with Crippen LogP contribution in [0.2, 0.25) is 0 Å². The molecule has 2 rings (SSSR count). The Morgan fingerprint density at radius 1 is 1.48 bits per heavy atom. The fourth-order valence-electron chi connectivity index (χ4n) is 2.31. The summed E-state index contributed by atoms with van der Waals surface area (Å²) in [4.78, 5) is 38.9. The molecular formula is C17H22N4O5S. The van der Waals surface area contributed by atoms with Crippen molar-refractivity contribution in [2.45, 2.75) is 31.9 Å². The van der Waals surface area contributed by atoms with Gasteiger partial charge in [0.2, 0.25) is 11.8 Å². The quantitative estimate of drug-likeness (QED) is 0.516. The smallest absolute Gasteiger partial charge is 0.273 e. The maximum absolute atomic E-state index is 12.3. The van der Waals surface area contributed by atoms with E-state index in [4.69, 9.17) is 4.74 Å². The van der Waals surface area contributed by atoms with Gasteiger partial charge in [-0.15, -0.1) is 0 Å². The molecular weight excluding hydrogens is 372 g/mol. The number of nitrogens with one attached hydrogen (secondary N) is 2. The standard InChI is InChI=1S/C17H22N4O5S/c1-10(2)6-7-18-17-20-16(23)14(27-17)9-15(22)19-12-5-4-11(21(24)25)8-13(12)26-3/h4-5,8,10,14H,6-7,9H2,1-3H3,(H,19,22)(H,18,20,23)/t14-/m0/s1. The summed E-state index contributed by atoms with van der Waals surface area (Å²) in [7, 11) is 1.36. The summed E-state index contributed by atoms with van der Waals surface area (Å²) in [6.07, 6.45) is 0.880. The van der Waals surface area contributed by atoms with E-state index in [9.17, 15) is 19.7 Å². The third kappa shape index (κ3) is 5.95. The highest BCUT2D eigenvalue weighted by atomic mass is 32.2. The molecule has 0 saturated carbocycles. The summed E-state index contributed by atoms with van der Waals surface area (Å²) >= 11 is 1.23. The average molecular weight is 394 g/mol. The molecule has 0 aliphatic carbocycles. The van der Waals surface area contributed by atoms with Crippen LogP contribution in [0.1, 0.15) is 26.7 Å². The number of hydrogen-bond acceptors (Lipinski definition) is 7. The second kappa shape index (κ2) is 9.36. The number of anilines is 1. The van der Waals surface area contributed by atoms with Gasteiger partial charge in [0, 0.05) is 19.0 Å². The highest BCUT2D eigenvalue weighted by molar-refractivity contribution is 8.15. The first-order valence-electron chi connectivity index (χ1n) is 8.44. The molecule has 1 saturated heterocycles. The second-order valence-electron chi connectivity index (χ2n) is 6.36. The molecule has 1 atom stereocenters. The van der Waals surface area contributed by atoms with Gasteiger partial charge in [-0.3, -0.25) is 24.7 Å². The lowest BCUT2D eigenvalue weighted by atomic mass is 10.1. The molecule has 146 valence electrons. The number of hydrogen-bond donors (Lipinski definition) is 2. The van der Waals surface area contributed by atoms with Gasteiger partial charge in [0.15, 0.2) is 5.17 Å². The Labute approximate surface area is 161 Å². The van der Waals surface area contributed by atoms with E-state index < -0.39 is 16.1 Å². The zero-order chi connectivity index (χ0) is 20.0. The summed E-state index contributed by atoms with van der Waals surface area (Å²) in [5.74, 6) is 0.0547. The van der Waals surface area contributed by atoms with Gasteiger partial charge in [-0.1, -0.05) is 25.6 Å². The van der Waals surface area contributed by atoms with E-state index in [0.717, 1.165) is 6.42 Å². The van der Waals surface area contributed by atoms with E-state index in [-0.39, 0.29) is 23.8 Å². The Hall–Kier alpha value is -2.62. The van der Waals surface area contributed by atoms with Gasteiger partial charge in [-0.05, 0) is 18.4 Å². The topological polar surface area (TPSA) is 123 Å². The number of amides is 2. The molecule has 2 amide bonds. The molecule has 0 bridgehead atoms. The van der Waals surface area contributed by atoms with Crippen molar-refractivity contribution in [1.29, 1.82) is 0 Å². The SMILES string of the molecule is COc1cc([N+](=O)[O-])ccc1NC(=O)C[C@@H]1SC(=NCCC(C)C)NC1=O. The number of ether oxygens (including phenoxy) is 1. The lowest BCUT2D eigenvalue weighted by Crippen LogP contribution is -2.28. The lowest BCUT2D eigenvalue weighted by Gasteiger charge is -2.11. The fraction of sp³-hybridized carbons (Fsp3) is 0.471. The molecule has 10 heteroatoms. The molecule has 1 aromatic carbocycles. The summed E-state index contributed by atoms with van der Waals surface area (Å²) in [5.41, 5.74) is 0.167. The van der Waals surface area contributed by atoms with E-state index in [0.29, 0.717) is 23.3 Å². The molecule has 2 N–H and O–H groups in total. The summed E-state index contributed by atoms with van der Waals surface area (Å²) in [5, 5.41) is 16.1. The molecule has 1 aromatic rings. The van der Waals surface area contributed by atoms with Gasteiger partial charge >= 0.3 is 0 Å². The summed E-state index contributed by atoms with van der Waals surface area (Å²) < 4.78 is 5.09. The van der Waals surface area contributed by atoms with Crippen LogP contribution in [0.15, 0.2) is 23.2 Å². The number of carbonyl (C=O) groups is 2. The molecule has 1 aliphatic rings. The van der Waals surface area contributed by atoms with Crippen LogP contribution in [0.4, 0.5) is 11.4 Å². The first-order valence-corrected chi connectivity index (χ1v) is 9.32. The number of methoxy groups -OCH3 is 1. The van der Waals surface area contributed by atoms with Crippen molar-refractivity contribution >= 4 is 40.1 Å². The third-order valence-electron chi connectivity index (χ3n) is 3.78. The maximum atomic E-state index is 12.3. The van der Waals surface area contributed by atoms with Gasteiger partial charge < -0.3 is 15.4 Å². The number of thioether (sulfide) groups is 1. The van der Waals surface area contributed by atoms with Crippen molar-refractivity contribution in [3.63, 3.8) is 0 Å². The van der Waals surface area contributed by atoms with Crippen molar-refractivity contribution in [1.82, 2.24) is 5.32 Å². The predicted octanol–water partition coefficient (Wildman–Crippen LogP) is 2.57. The van der Waals surface area contributed by atoms with E-state index in [1.807, 2.05) is 0 Å². The second-order valence-corrected chi connectivity index (χ2v) is 7.55. The van der Waals surface area contributed by atoms with Gasteiger partial charge in [0.25, 0.3) is 5.69 Å². The molecule has 9 nitrogen and oxygen atoms in total. The molecule has 0 unspecified atom stereocenters.